The molecule has 4 nitrogen and oxygen atoms in total. The van der Waals surface area contributed by atoms with Crippen molar-refractivity contribution in [3.8, 4) is 0 Å². The minimum absolute atomic E-state index is 0.0142. The molecule has 0 fully saturated rings. The molecule has 0 spiro atoms. The summed E-state index contributed by atoms with van der Waals surface area (Å²) >= 11 is 6.33. The number of ether oxygens (including phenoxy) is 1. The molecular formula is C19H24ClNO3. The molecule has 1 heterocycles. The van der Waals surface area contributed by atoms with Gasteiger partial charge in [0.15, 0.2) is 0 Å². The summed E-state index contributed by atoms with van der Waals surface area (Å²) in [6.45, 7) is 8.05. The molecule has 1 aliphatic heterocycles. The predicted octanol–water partition coefficient (Wildman–Crippen LogP) is 4.29. The molecule has 2 rings (SSSR count). The number of hydrogen-bond acceptors (Lipinski definition) is 3. The van der Waals surface area contributed by atoms with Gasteiger partial charge in [-0.25, -0.2) is 4.79 Å². The molecule has 130 valence electrons. The Balaban J connectivity index is 2.54. The predicted molar refractivity (Wildman–Crippen MR) is 94.7 cm³/mol. The average Bonchev–Trinajstić information content (AvgIpc) is 2.50. The van der Waals surface area contributed by atoms with Crippen LogP contribution in [-0.4, -0.2) is 29.4 Å². The molecule has 0 aliphatic carbocycles. The van der Waals surface area contributed by atoms with Gasteiger partial charge in [-0.05, 0) is 38.8 Å². The highest BCUT2D eigenvalue weighted by atomic mass is 35.5. The molecule has 0 aromatic heterocycles. The lowest BCUT2D eigenvalue weighted by atomic mass is 9.83. The van der Waals surface area contributed by atoms with Gasteiger partial charge in [-0.2, -0.15) is 0 Å². The van der Waals surface area contributed by atoms with Crippen LogP contribution < -0.4 is 0 Å². The zero-order valence-electron chi connectivity index (χ0n) is 14.6. The van der Waals surface area contributed by atoms with Gasteiger partial charge < -0.3 is 9.64 Å². The fraction of sp³-hybridized carbons (Fsp3) is 0.474. The Bertz CT molecular complexity index is 666. The second kappa shape index (κ2) is 7.84. The Hall–Kier alpha value is -1.81. The third-order valence-corrected chi connectivity index (χ3v) is 4.46. The number of amides is 1. The maximum absolute atomic E-state index is 12.7. The molecule has 1 unspecified atom stereocenters. The summed E-state index contributed by atoms with van der Waals surface area (Å²) in [7, 11) is 0. The van der Waals surface area contributed by atoms with E-state index in [1.165, 1.54) is 0 Å². The Labute approximate surface area is 148 Å². The first-order valence-corrected chi connectivity index (χ1v) is 8.71. The lowest BCUT2D eigenvalue weighted by molar-refractivity contribution is -0.143. The summed E-state index contributed by atoms with van der Waals surface area (Å²) < 4.78 is 5.44. The van der Waals surface area contributed by atoms with Crippen LogP contribution in [-0.2, 0) is 14.3 Å². The summed E-state index contributed by atoms with van der Waals surface area (Å²) in [5, 5.41) is 0.557. The quantitative estimate of drug-likeness (QED) is 0.745. The molecule has 1 aromatic carbocycles. The van der Waals surface area contributed by atoms with Gasteiger partial charge in [-0.3, -0.25) is 4.79 Å². The van der Waals surface area contributed by atoms with E-state index in [-0.39, 0.29) is 30.3 Å². The summed E-state index contributed by atoms with van der Waals surface area (Å²) in [5.41, 5.74) is 1.99. The van der Waals surface area contributed by atoms with Crippen molar-refractivity contribution < 1.29 is 14.3 Å². The molecule has 1 atom stereocenters. The number of allylic oxidation sites excluding steroid dienone is 1. The van der Waals surface area contributed by atoms with Crippen LogP contribution in [0.25, 0.3) is 0 Å². The third kappa shape index (κ3) is 3.81. The number of carbonyl (C=O) groups excluding carboxylic acids is 2. The zero-order chi connectivity index (χ0) is 17.9. The molecule has 0 radical (unpaired) electrons. The van der Waals surface area contributed by atoms with E-state index in [1.807, 2.05) is 45.9 Å². The van der Waals surface area contributed by atoms with E-state index in [4.69, 9.17) is 16.3 Å². The fourth-order valence-corrected chi connectivity index (χ4v) is 3.35. The number of benzene rings is 1. The highest BCUT2D eigenvalue weighted by Crippen LogP contribution is 2.39. The van der Waals surface area contributed by atoms with Crippen molar-refractivity contribution in [3.63, 3.8) is 0 Å². The smallest absolute Gasteiger partial charge is 0.336 e. The van der Waals surface area contributed by atoms with E-state index in [2.05, 4.69) is 0 Å². The van der Waals surface area contributed by atoms with Gasteiger partial charge in [-0.1, -0.05) is 36.7 Å². The second-order valence-electron chi connectivity index (χ2n) is 6.28. The molecule has 0 bridgehead atoms. The standard InChI is InChI=1S/C19H24ClNO3/c1-5-10-21-13(4)18(19(23)24-12(2)3)15(11-17(21)22)14-8-6-7-9-16(14)20/h6-9,12,15H,5,10-11H2,1-4H3. The summed E-state index contributed by atoms with van der Waals surface area (Å²) in [5.74, 6) is -0.730. The Kier molecular flexibility index (Phi) is 6.05. The topological polar surface area (TPSA) is 46.6 Å². The molecular weight excluding hydrogens is 326 g/mol. The molecule has 5 heteroatoms. The van der Waals surface area contributed by atoms with Gasteiger partial charge in [0, 0.05) is 29.6 Å². The Morgan fingerprint density at radius 3 is 2.62 bits per heavy atom. The van der Waals surface area contributed by atoms with E-state index < -0.39 is 0 Å². The number of halogens is 1. The van der Waals surface area contributed by atoms with Crippen molar-refractivity contribution >= 4 is 23.5 Å². The number of nitrogens with zero attached hydrogens (tertiary/aromatic N) is 1. The minimum Gasteiger partial charge on any atom is -0.460 e. The van der Waals surface area contributed by atoms with E-state index in [0.29, 0.717) is 22.8 Å². The van der Waals surface area contributed by atoms with Gasteiger partial charge in [0.05, 0.1) is 11.7 Å². The van der Waals surface area contributed by atoms with Gasteiger partial charge in [0.25, 0.3) is 0 Å². The number of carbonyl (C=O) groups is 2. The molecule has 1 aliphatic rings. The Morgan fingerprint density at radius 2 is 2.04 bits per heavy atom. The van der Waals surface area contributed by atoms with Crippen LogP contribution in [0.4, 0.5) is 0 Å². The van der Waals surface area contributed by atoms with Crippen LogP contribution in [0.2, 0.25) is 5.02 Å². The van der Waals surface area contributed by atoms with Gasteiger partial charge in [0.2, 0.25) is 5.91 Å². The van der Waals surface area contributed by atoms with Crippen molar-refractivity contribution in [2.45, 2.75) is 52.6 Å². The van der Waals surface area contributed by atoms with Crippen LogP contribution in [0.5, 0.6) is 0 Å². The monoisotopic (exact) mass is 349 g/mol. The first-order chi connectivity index (χ1) is 11.4. The van der Waals surface area contributed by atoms with Crippen molar-refractivity contribution in [1.82, 2.24) is 4.90 Å². The first kappa shape index (κ1) is 18.5. The summed E-state index contributed by atoms with van der Waals surface area (Å²) in [6.07, 6.45) is 0.831. The second-order valence-corrected chi connectivity index (χ2v) is 6.68. The molecule has 0 saturated carbocycles. The highest BCUT2D eigenvalue weighted by molar-refractivity contribution is 6.31. The van der Waals surface area contributed by atoms with E-state index in [1.54, 1.807) is 11.0 Å². The largest absolute Gasteiger partial charge is 0.460 e. The number of hydrogen-bond donors (Lipinski definition) is 0. The lowest BCUT2D eigenvalue weighted by Gasteiger charge is -2.34. The molecule has 24 heavy (non-hydrogen) atoms. The van der Waals surface area contributed by atoms with Gasteiger partial charge in [0.1, 0.15) is 0 Å². The van der Waals surface area contributed by atoms with Crippen molar-refractivity contribution in [2.24, 2.45) is 0 Å². The van der Waals surface area contributed by atoms with Gasteiger partial charge >= 0.3 is 5.97 Å². The fourth-order valence-electron chi connectivity index (χ4n) is 3.08. The van der Waals surface area contributed by atoms with Crippen LogP contribution >= 0.6 is 11.6 Å². The SMILES string of the molecule is CCCN1C(=O)CC(c2ccccc2Cl)C(C(=O)OC(C)C)=C1C. The number of rotatable bonds is 5. The molecule has 1 aromatic rings. The van der Waals surface area contributed by atoms with Crippen LogP contribution in [0, 0.1) is 0 Å². The highest BCUT2D eigenvalue weighted by Gasteiger charge is 2.37. The van der Waals surface area contributed by atoms with Gasteiger partial charge in [-0.15, -0.1) is 0 Å². The van der Waals surface area contributed by atoms with Crippen molar-refractivity contribution in [1.29, 1.82) is 0 Å². The summed E-state index contributed by atoms with van der Waals surface area (Å²) in [6, 6.07) is 7.35. The van der Waals surface area contributed by atoms with Crippen molar-refractivity contribution in [3.05, 3.63) is 46.1 Å². The first-order valence-electron chi connectivity index (χ1n) is 8.33. The lowest BCUT2D eigenvalue weighted by Crippen LogP contribution is -2.39. The van der Waals surface area contributed by atoms with Crippen LogP contribution in [0.15, 0.2) is 35.5 Å². The third-order valence-electron chi connectivity index (χ3n) is 4.11. The normalized spacial score (nSPS) is 18.3. The van der Waals surface area contributed by atoms with E-state index in [9.17, 15) is 9.59 Å². The number of esters is 1. The maximum Gasteiger partial charge on any atom is 0.336 e. The molecule has 1 amide bonds. The molecule has 0 saturated heterocycles. The molecule has 0 N–H and O–H groups in total. The zero-order valence-corrected chi connectivity index (χ0v) is 15.4. The van der Waals surface area contributed by atoms with Crippen molar-refractivity contribution in [2.75, 3.05) is 6.54 Å². The Morgan fingerprint density at radius 1 is 1.38 bits per heavy atom. The maximum atomic E-state index is 12.7. The van der Waals surface area contributed by atoms with Crippen LogP contribution in [0.3, 0.4) is 0 Å². The average molecular weight is 350 g/mol. The van der Waals surface area contributed by atoms with E-state index in [0.717, 1.165) is 12.0 Å². The van der Waals surface area contributed by atoms with Crippen LogP contribution in [0.1, 0.15) is 52.0 Å². The summed E-state index contributed by atoms with van der Waals surface area (Å²) in [4.78, 5) is 27.0. The van der Waals surface area contributed by atoms with E-state index >= 15 is 0 Å². The minimum atomic E-state index is -0.374.